The molecule has 0 saturated carbocycles. The maximum atomic E-state index is 12.0. The lowest BCUT2D eigenvalue weighted by Crippen LogP contribution is -2.16. The number of unbranched alkanes of at least 4 members (excludes halogenated alkanes) is 9. The molecule has 2 rings (SSSR count). The van der Waals surface area contributed by atoms with E-state index < -0.39 is 0 Å². The van der Waals surface area contributed by atoms with E-state index in [0.29, 0.717) is 11.6 Å². The van der Waals surface area contributed by atoms with Gasteiger partial charge in [0.15, 0.2) is 5.82 Å². The van der Waals surface area contributed by atoms with Crippen LogP contribution in [-0.4, -0.2) is 26.2 Å². The Bertz CT molecular complexity index is 643. The molecule has 2 aromatic rings. The predicted molar refractivity (Wildman–Crippen MR) is 105 cm³/mol. The fourth-order valence-electron chi connectivity index (χ4n) is 3.06. The van der Waals surface area contributed by atoms with E-state index in [-0.39, 0.29) is 12.4 Å². The zero-order valence-corrected chi connectivity index (χ0v) is 16.5. The van der Waals surface area contributed by atoms with Gasteiger partial charge >= 0.3 is 5.97 Å². The summed E-state index contributed by atoms with van der Waals surface area (Å²) in [7, 11) is 0. The van der Waals surface area contributed by atoms with Crippen LogP contribution in [-0.2, 0) is 17.8 Å². The molecule has 1 aromatic heterocycles. The third kappa shape index (κ3) is 8.80. The summed E-state index contributed by atoms with van der Waals surface area (Å²) >= 11 is 0. The van der Waals surface area contributed by atoms with Crippen molar-refractivity contribution in [1.29, 1.82) is 0 Å². The summed E-state index contributed by atoms with van der Waals surface area (Å²) in [6, 6.07) is 9.05. The second kappa shape index (κ2) is 13.0. The molecule has 0 fully saturated rings. The van der Waals surface area contributed by atoms with E-state index in [9.17, 15) is 4.79 Å². The maximum Gasteiger partial charge on any atom is 0.318 e. The number of tetrazole rings is 1. The van der Waals surface area contributed by atoms with Gasteiger partial charge in [0, 0.05) is 6.54 Å². The highest BCUT2D eigenvalue weighted by molar-refractivity contribution is 5.74. The van der Waals surface area contributed by atoms with E-state index in [0.717, 1.165) is 13.0 Å². The van der Waals surface area contributed by atoms with Crippen molar-refractivity contribution in [2.75, 3.05) is 0 Å². The monoisotopic (exact) mass is 372 g/mol. The van der Waals surface area contributed by atoms with E-state index in [4.69, 9.17) is 4.74 Å². The molecule has 0 spiro atoms. The Labute approximate surface area is 162 Å². The predicted octanol–water partition coefficient (Wildman–Crippen LogP) is 4.74. The second-order valence-corrected chi connectivity index (χ2v) is 6.96. The Hall–Kier alpha value is -2.24. The number of hydrogen-bond donors (Lipinski definition) is 0. The Morgan fingerprint density at radius 3 is 2.22 bits per heavy atom. The standard InChI is InChI=1S/C21H32N4O2/c1-2-3-4-5-6-7-8-9-10-14-17-25-20(22-23-24-25)18-21(26)27-19-15-12-11-13-16-19/h11-13,15-16H,2-10,14,17-18H2,1H3. The van der Waals surface area contributed by atoms with Crippen molar-refractivity contribution >= 4 is 5.97 Å². The molecule has 0 N–H and O–H groups in total. The first-order valence-corrected chi connectivity index (χ1v) is 10.3. The van der Waals surface area contributed by atoms with Gasteiger partial charge in [0.1, 0.15) is 12.2 Å². The summed E-state index contributed by atoms with van der Waals surface area (Å²) in [4.78, 5) is 12.0. The van der Waals surface area contributed by atoms with E-state index in [1.807, 2.05) is 18.2 Å². The Kier molecular flexibility index (Phi) is 10.1. The number of carbonyl (C=O) groups is 1. The molecule has 0 bridgehead atoms. The van der Waals surface area contributed by atoms with Crippen LogP contribution in [0.2, 0.25) is 0 Å². The number of rotatable bonds is 14. The first kappa shape index (κ1) is 21.1. The largest absolute Gasteiger partial charge is 0.426 e. The fraction of sp³-hybridized carbons (Fsp3) is 0.619. The van der Waals surface area contributed by atoms with Crippen molar-refractivity contribution in [2.45, 2.75) is 84.1 Å². The Morgan fingerprint density at radius 1 is 0.926 bits per heavy atom. The van der Waals surface area contributed by atoms with E-state index in [1.165, 1.54) is 57.8 Å². The van der Waals surface area contributed by atoms with E-state index in [2.05, 4.69) is 22.4 Å². The lowest BCUT2D eigenvalue weighted by atomic mass is 10.1. The lowest BCUT2D eigenvalue weighted by molar-refractivity contribution is -0.133. The lowest BCUT2D eigenvalue weighted by Gasteiger charge is -2.06. The van der Waals surface area contributed by atoms with Crippen molar-refractivity contribution < 1.29 is 9.53 Å². The van der Waals surface area contributed by atoms with Gasteiger partial charge in [0.05, 0.1) is 0 Å². The molecule has 1 heterocycles. The van der Waals surface area contributed by atoms with Crippen molar-refractivity contribution in [3.8, 4) is 5.75 Å². The highest BCUT2D eigenvalue weighted by Gasteiger charge is 2.13. The van der Waals surface area contributed by atoms with Gasteiger partial charge in [-0.1, -0.05) is 82.9 Å². The zero-order valence-electron chi connectivity index (χ0n) is 16.5. The van der Waals surface area contributed by atoms with Crippen LogP contribution < -0.4 is 4.74 Å². The topological polar surface area (TPSA) is 69.9 Å². The van der Waals surface area contributed by atoms with Crippen molar-refractivity contribution in [2.24, 2.45) is 0 Å². The highest BCUT2D eigenvalue weighted by Crippen LogP contribution is 2.12. The normalized spacial score (nSPS) is 10.9. The average Bonchev–Trinajstić information content (AvgIpc) is 3.11. The second-order valence-electron chi connectivity index (χ2n) is 6.96. The molecule has 6 heteroatoms. The quantitative estimate of drug-likeness (QED) is 0.272. The van der Waals surface area contributed by atoms with Crippen LogP contribution in [0.25, 0.3) is 0 Å². The first-order chi connectivity index (χ1) is 13.3. The third-order valence-electron chi connectivity index (χ3n) is 4.61. The number of nitrogens with zero attached hydrogens (tertiary/aromatic N) is 4. The summed E-state index contributed by atoms with van der Waals surface area (Å²) in [6.45, 7) is 3.00. The zero-order chi connectivity index (χ0) is 19.2. The number of esters is 1. The van der Waals surface area contributed by atoms with Crippen molar-refractivity contribution in [3.05, 3.63) is 36.2 Å². The minimum absolute atomic E-state index is 0.0830. The van der Waals surface area contributed by atoms with Crippen LogP contribution in [0.15, 0.2) is 30.3 Å². The van der Waals surface area contributed by atoms with Crippen molar-refractivity contribution in [3.63, 3.8) is 0 Å². The molecule has 0 atom stereocenters. The molecule has 0 amide bonds. The summed E-state index contributed by atoms with van der Waals surface area (Å²) in [5, 5.41) is 11.7. The van der Waals surface area contributed by atoms with Crippen LogP contribution >= 0.6 is 0 Å². The smallest absolute Gasteiger partial charge is 0.318 e. The minimum Gasteiger partial charge on any atom is -0.426 e. The number of aryl methyl sites for hydroxylation is 1. The number of benzene rings is 1. The molecule has 0 aliphatic rings. The van der Waals surface area contributed by atoms with Crippen LogP contribution in [0.4, 0.5) is 0 Å². The summed E-state index contributed by atoms with van der Waals surface area (Å²) in [6.07, 6.45) is 13.0. The average molecular weight is 373 g/mol. The van der Waals surface area contributed by atoms with Gasteiger partial charge < -0.3 is 4.74 Å². The molecule has 1 aromatic carbocycles. The van der Waals surface area contributed by atoms with E-state index in [1.54, 1.807) is 16.8 Å². The molecule has 27 heavy (non-hydrogen) atoms. The molecule has 0 aliphatic carbocycles. The fourth-order valence-corrected chi connectivity index (χ4v) is 3.06. The van der Waals surface area contributed by atoms with Gasteiger partial charge in [-0.2, -0.15) is 0 Å². The van der Waals surface area contributed by atoms with E-state index >= 15 is 0 Å². The van der Waals surface area contributed by atoms with Gasteiger partial charge in [-0.3, -0.25) is 4.79 Å². The van der Waals surface area contributed by atoms with Crippen LogP contribution in [0, 0.1) is 0 Å². The molecule has 148 valence electrons. The number of hydrogen-bond acceptors (Lipinski definition) is 5. The van der Waals surface area contributed by atoms with Crippen LogP contribution in [0.1, 0.15) is 77.0 Å². The van der Waals surface area contributed by atoms with Gasteiger partial charge in [-0.15, -0.1) is 5.10 Å². The SMILES string of the molecule is CCCCCCCCCCCCn1nnnc1CC(=O)Oc1ccccc1. The molecule has 0 aliphatic heterocycles. The number of carbonyl (C=O) groups excluding carboxylic acids is 1. The van der Waals surface area contributed by atoms with Crippen LogP contribution in [0.5, 0.6) is 5.75 Å². The van der Waals surface area contributed by atoms with Gasteiger partial charge in [0.2, 0.25) is 0 Å². The summed E-state index contributed by atoms with van der Waals surface area (Å²) in [5.41, 5.74) is 0. The number of aromatic nitrogens is 4. The summed E-state index contributed by atoms with van der Waals surface area (Å²) < 4.78 is 7.02. The van der Waals surface area contributed by atoms with Gasteiger partial charge in [0.25, 0.3) is 0 Å². The van der Waals surface area contributed by atoms with Gasteiger partial charge in [-0.25, -0.2) is 4.68 Å². The van der Waals surface area contributed by atoms with Crippen LogP contribution in [0.3, 0.4) is 0 Å². The molecular formula is C21H32N4O2. The minimum atomic E-state index is -0.347. The Balaban J connectivity index is 1.59. The molecule has 0 radical (unpaired) electrons. The van der Waals surface area contributed by atoms with Crippen molar-refractivity contribution in [1.82, 2.24) is 20.2 Å². The Morgan fingerprint density at radius 2 is 1.56 bits per heavy atom. The number of ether oxygens (including phenoxy) is 1. The first-order valence-electron chi connectivity index (χ1n) is 10.3. The highest BCUT2D eigenvalue weighted by atomic mass is 16.5. The van der Waals surface area contributed by atoms with Gasteiger partial charge in [-0.05, 0) is 29.0 Å². The maximum absolute atomic E-state index is 12.0. The third-order valence-corrected chi connectivity index (χ3v) is 4.61. The molecule has 0 saturated heterocycles. The molecule has 0 unspecified atom stereocenters. The summed E-state index contributed by atoms with van der Waals surface area (Å²) in [5.74, 6) is 0.753. The molecular weight excluding hydrogens is 340 g/mol. The number of para-hydroxylation sites is 1. The molecule has 6 nitrogen and oxygen atoms in total.